The molecule has 1 aromatic rings. The van der Waals surface area contributed by atoms with E-state index in [0.717, 1.165) is 25.9 Å². The summed E-state index contributed by atoms with van der Waals surface area (Å²) in [6.07, 6.45) is 3.10. The van der Waals surface area contributed by atoms with E-state index in [1.54, 1.807) is 25.3 Å². The summed E-state index contributed by atoms with van der Waals surface area (Å²) in [5.41, 5.74) is 0.344. The molecule has 2 aliphatic heterocycles. The fourth-order valence-electron chi connectivity index (χ4n) is 3.92. The molecule has 0 N–H and O–H groups in total. The third-order valence-electron chi connectivity index (χ3n) is 5.07. The second-order valence-corrected chi connectivity index (χ2v) is 6.63. The zero-order valence-electron chi connectivity index (χ0n) is 13.6. The van der Waals surface area contributed by atoms with E-state index in [1.165, 1.54) is 6.07 Å². The number of halogens is 1. The van der Waals surface area contributed by atoms with Crippen molar-refractivity contribution in [3.63, 3.8) is 0 Å². The van der Waals surface area contributed by atoms with Crippen molar-refractivity contribution in [3.05, 3.63) is 35.6 Å². The lowest BCUT2D eigenvalue weighted by atomic mass is 9.73. The van der Waals surface area contributed by atoms with Crippen LogP contribution in [0.25, 0.3) is 0 Å². The van der Waals surface area contributed by atoms with Gasteiger partial charge in [0.05, 0.1) is 19.1 Å². The summed E-state index contributed by atoms with van der Waals surface area (Å²) in [6.45, 7) is 2.70. The summed E-state index contributed by atoms with van der Waals surface area (Å²) in [5, 5.41) is 0. The van der Waals surface area contributed by atoms with Crippen molar-refractivity contribution in [3.8, 4) is 0 Å². The van der Waals surface area contributed by atoms with Crippen LogP contribution in [0.2, 0.25) is 0 Å². The van der Waals surface area contributed by atoms with Gasteiger partial charge < -0.3 is 14.4 Å². The second-order valence-electron chi connectivity index (χ2n) is 6.63. The average molecular weight is 321 g/mol. The molecule has 0 saturated carbocycles. The van der Waals surface area contributed by atoms with E-state index in [-0.39, 0.29) is 29.7 Å². The van der Waals surface area contributed by atoms with Crippen molar-refractivity contribution < 1.29 is 18.7 Å². The zero-order valence-corrected chi connectivity index (χ0v) is 13.6. The summed E-state index contributed by atoms with van der Waals surface area (Å²) in [4.78, 5) is 14.5. The van der Waals surface area contributed by atoms with Crippen molar-refractivity contribution in [2.24, 2.45) is 5.41 Å². The van der Waals surface area contributed by atoms with E-state index >= 15 is 0 Å². The summed E-state index contributed by atoms with van der Waals surface area (Å²) in [6, 6.07) is 6.48. The highest BCUT2D eigenvalue weighted by atomic mass is 19.1. The van der Waals surface area contributed by atoms with Crippen LogP contribution in [-0.4, -0.2) is 50.3 Å². The Balaban J connectivity index is 1.71. The highest BCUT2D eigenvalue weighted by Crippen LogP contribution is 2.40. The number of carbonyl (C=O) groups is 1. The molecule has 3 rings (SSSR count). The molecule has 4 nitrogen and oxygen atoms in total. The smallest absolute Gasteiger partial charge is 0.227 e. The molecule has 0 aliphatic carbocycles. The first-order valence-corrected chi connectivity index (χ1v) is 8.26. The lowest BCUT2D eigenvalue weighted by molar-refractivity contribution is -0.161. The van der Waals surface area contributed by atoms with E-state index in [1.807, 2.05) is 4.90 Å². The van der Waals surface area contributed by atoms with Gasteiger partial charge in [0.25, 0.3) is 0 Å². The number of piperidine rings is 1. The van der Waals surface area contributed by atoms with Gasteiger partial charge in [0.1, 0.15) is 5.82 Å². The van der Waals surface area contributed by atoms with Gasteiger partial charge in [0.15, 0.2) is 0 Å². The molecular formula is C18H24FNO3. The van der Waals surface area contributed by atoms with Crippen LogP contribution in [0.5, 0.6) is 0 Å². The van der Waals surface area contributed by atoms with Crippen molar-refractivity contribution in [1.82, 2.24) is 4.90 Å². The Hall–Kier alpha value is -1.46. The number of likely N-dealkylation sites (tertiary alicyclic amines) is 1. The fraction of sp³-hybridized carbons (Fsp3) is 0.611. The first kappa shape index (κ1) is 16.4. The predicted molar refractivity (Wildman–Crippen MR) is 84.6 cm³/mol. The molecule has 0 bridgehead atoms. The molecule has 2 atom stereocenters. The first-order chi connectivity index (χ1) is 11.1. The van der Waals surface area contributed by atoms with Gasteiger partial charge in [-0.25, -0.2) is 4.39 Å². The molecular weight excluding hydrogens is 297 g/mol. The first-order valence-electron chi connectivity index (χ1n) is 8.26. The molecule has 5 heteroatoms. The van der Waals surface area contributed by atoms with Crippen LogP contribution in [0.3, 0.4) is 0 Å². The summed E-state index contributed by atoms with van der Waals surface area (Å²) >= 11 is 0. The Morgan fingerprint density at radius 2 is 2.30 bits per heavy atom. The molecule has 2 saturated heterocycles. The number of amides is 1. The molecule has 0 radical (unpaired) electrons. The molecule has 0 unspecified atom stereocenters. The predicted octanol–water partition coefficient (Wildman–Crippen LogP) is 2.41. The van der Waals surface area contributed by atoms with E-state index in [2.05, 4.69) is 0 Å². The Bertz CT molecular complexity index is 561. The van der Waals surface area contributed by atoms with Crippen LogP contribution in [0, 0.1) is 11.2 Å². The topological polar surface area (TPSA) is 38.8 Å². The quantitative estimate of drug-likeness (QED) is 0.855. The maximum atomic E-state index is 13.8. The number of rotatable bonds is 4. The SMILES string of the molecule is COC[C@@]12CCCO[C@H]1CCN(C(=O)Cc1ccccc1F)C2. The molecule has 1 aromatic carbocycles. The van der Waals surface area contributed by atoms with E-state index in [9.17, 15) is 9.18 Å². The van der Waals surface area contributed by atoms with Gasteiger partial charge >= 0.3 is 0 Å². The molecule has 2 aliphatic rings. The van der Waals surface area contributed by atoms with Crippen LogP contribution in [0.15, 0.2) is 24.3 Å². The summed E-state index contributed by atoms with van der Waals surface area (Å²) in [5.74, 6) is -0.335. The lowest BCUT2D eigenvalue weighted by Crippen LogP contribution is -2.58. The molecule has 126 valence electrons. The van der Waals surface area contributed by atoms with Crippen LogP contribution < -0.4 is 0 Å². The fourth-order valence-corrected chi connectivity index (χ4v) is 3.92. The Kier molecular flexibility index (Phi) is 4.97. The third-order valence-corrected chi connectivity index (χ3v) is 5.07. The van der Waals surface area contributed by atoms with Gasteiger partial charge in [-0.1, -0.05) is 18.2 Å². The average Bonchev–Trinajstić information content (AvgIpc) is 2.56. The van der Waals surface area contributed by atoms with Gasteiger partial charge in [-0.3, -0.25) is 4.79 Å². The molecule has 2 fully saturated rings. The number of nitrogens with zero attached hydrogens (tertiary/aromatic N) is 1. The zero-order chi connectivity index (χ0) is 16.3. The minimum Gasteiger partial charge on any atom is -0.384 e. The summed E-state index contributed by atoms with van der Waals surface area (Å²) < 4.78 is 25.1. The van der Waals surface area contributed by atoms with Gasteiger partial charge in [0, 0.05) is 32.2 Å². The largest absolute Gasteiger partial charge is 0.384 e. The second kappa shape index (κ2) is 6.97. The molecule has 2 heterocycles. The number of hydrogen-bond acceptors (Lipinski definition) is 3. The monoisotopic (exact) mass is 321 g/mol. The maximum absolute atomic E-state index is 13.8. The van der Waals surface area contributed by atoms with Gasteiger partial charge in [-0.15, -0.1) is 0 Å². The van der Waals surface area contributed by atoms with Crippen molar-refractivity contribution in [2.75, 3.05) is 33.4 Å². The highest BCUT2D eigenvalue weighted by molar-refractivity contribution is 5.79. The van der Waals surface area contributed by atoms with Crippen LogP contribution in [-0.2, 0) is 20.7 Å². The number of fused-ring (bicyclic) bond motifs is 1. The maximum Gasteiger partial charge on any atom is 0.227 e. The van der Waals surface area contributed by atoms with Gasteiger partial charge in [-0.05, 0) is 30.9 Å². The number of benzene rings is 1. The molecule has 23 heavy (non-hydrogen) atoms. The van der Waals surface area contributed by atoms with Crippen LogP contribution in [0.4, 0.5) is 4.39 Å². The Morgan fingerprint density at radius 3 is 3.09 bits per heavy atom. The Labute approximate surface area is 136 Å². The Morgan fingerprint density at radius 1 is 1.48 bits per heavy atom. The normalized spacial score (nSPS) is 27.6. The van der Waals surface area contributed by atoms with Gasteiger partial charge in [-0.2, -0.15) is 0 Å². The number of ether oxygens (including phenoxy) is 2. The molecule has 1 amide bonds. The van der Waals surface area contributed by atoms with E-state index in [4.69, 9.17) is 9.47 Å². The molecule has 0 spiro atoms. The third kappa shape index (κ3) is 3.40. The van der Waals surface area contributed by atoms with Crippen molar-refractivity contribution in [2.45, 2.75) is 31.8 Å². The van der Waals surface area contributed by atoms with Crippen molar-refractivity contribution in [1.29, 1.82) is 0 Å². The summed E-state index contributed by atoms with van der Waals surface area (Å²) in [7, 11) is 1.69. The molecule has 0 aromatic heterocycles. The standard InChI is InChI=1S/C18H24FNO3/c1-22-13-18-8-4-10-23-16(18)7-9-20(12-18)17(21)11-14-5-2-3-6-15(14)19/h2-3,5-6,16H,4,7-13H2,1H3/t16-,18-/m0/s1. The number of carbonyl (C=O) groups excluding carboxylic acids is 1. The van der Waals surface area contributed by atoms with Crippen molar-refractivity contribution >= 4 is 5.91 Å². The minimum absolute atomic E-state index is 0.0189. The van der Waals surface area contributed by atoms with Crippen LogP contribution in [0.1, 0.15) is 24.8 Å². The number of hydrogen-bond donors (Lipinski definition) is 0. The van der Waals surface area contributed by atoms with E-state index < -0.39 is 0 Å². The highest BCUT2D eigenvalue weighted by Gasteiger charge is 2.46. The minimum atomic E-state index is -0.316. The lowest BCUT2D eigenvalue weighted by Gasteiger charge is -2.50. The van der Waals surface area contributed by atoms with E-state index in [0.29, 0.717) is 25.3 Å². The van der Waals surface area contributed by atoms with Crippen LogP contribution >= 0.6 is 0 Å². The van der Waals surface area contributed by atoms with Gasteiger partial charge in [0.2, 0.25) is 5.91 Å². The number of methoxy groups -OCH3 is 1.